The Kier molecular flexibility index (Phi) is 8.01. The van der Waals surface area contributed by atoms with Gasteiger partial charge in [0.15, 0.2) is 16.7 Å². The minimum Gasteiger partial charge on any atom is -0.496 e. The SMILES string of the molecule is CC[C@@H](SC1=Nc2ccccc2C2=N[C@H](CC(=O)NCc3ccccc3OC)C(=O)N12)C(=O)Nc1ccc2c(c1)OCO2. The predicted octanol–water partition coefficient (Wildman–Crippen LogP) is 4.24. The molecule has 3 aliphatic rings. The van der Waals surface area contributed by atoms with E-state index in [1.165, 1.54) is 16.7 Å². The third-order valence-corrected chi connectivity index (χ3v) is 8.46. The highest BCUT2D eigenvalue weighted by molar-refractivity contribution is 8.15. The van der Waals surface area contributed by atoms with Gasteiger partial charge in [0.25, 0.3) is 5.91 Å². The Hall–Kier alpha value is -4.84. The Bertz CT molecular complexity index is 1660. The van der Waals surface area contributed by atoms with Gasteiger partial charge in [0.1, 0.15) is 17.6 Å². The van der Waals surface area contributed by atoms with Crippen molar-refractivity contribution < 1.29 is 28.6 Å². The first-order valence-electron chi connectivity index (χ1n) is 13.8. The topological polar surface area (TPSA) is 131 Å². The molecule has 220 valence electrons. The Morgan fingerprint density at radius 2 is 1.88 bits per heavy atom. The van der Waals surface area contributed by atoms with Crippen LogP contribution in [0.4, 0.5) is 11.4 Å². The molecule has 0 aliphatic carbocycles. The molecule has 0 spiro atoms. The van der Waals surface area contributed by atoms with E-state index in [0.717, 1.165) is 5.56 Å². The maximum absolute atomic E-state index is 13.7. The van der Waals surface area contributed by atoms with Crippen LogP contribution < -0.4 is 24.8 Å². The fourth-order valence-electron chi connectivity index (χ4n) is 4.95. The van der Waals surface area contributed by atoms with Crippen LogP contribution in [0.15, 0.2) is 76.7 Å². The van der Waals surface area contributed by atoms with Gasteiger partial charge in [-0.2, -0.15) is 0 Å². The number of amidine groups is 2. The van der Waals surface area contributed by atoms with E-state index in [1.807, 2.05) is 55.5 Å². The molecule has 2 N–H and O–H groups in total. The zero-order valence-electron chi connectivity index (χ0n) is 23.5. The molecule has 43 heavy (non-hydrogen) atoms. The highest BCUT2D eigenvalue weighted by Gasteiger charge is 2.43. The predicted molar refractivity (Wildman–Crippen MR) is 163 cm³/mol. The van der Waals surface area contributed by atoms with Crippen molar-refractivity contribution in [3.8, 4) is 17.2 Å². The number of hydrogen-bond donors (Lipinski definition) is 2. The molecule has 0 saturated carbocycles. The van der Waals surface area contributed by atoms with E-state index in [2.05, 4.69) is 15.6 Å². The summed E-state index contributed by atoms with van der Waals surface area (Å²) in [7, 11) is 1.57. The zero-order valence-corrected chi connectivity index (χ0v) is 24.3. The Morgan fingerprint density at radius 3 is 2.72 bits per heavy atom. The normalized spacial score (nSPS) is 16.9. The van der Waals surface area contributed by atoms with Gasteiger partial charge in [0, 0.05) is 29.4 Å². The van der Waals surface area contributed by atoms with Crippen molar-refractivity contribution >= 4 is 51.9 Å². The monoisotopic (exact) mass is 599 g/mol. The summed E-state index contributed by atoms with van der Waals surface area (Å²) >= 11 is 1.19. The summed E-state index contributed by atoms with van der Waals surface area (Å²) in [6.07, 6.45) is 0.348. The van der Waals surface area contributed by atoms with Gasteiger partial charge in [0.2, 0.25) is 18.6 Å². The second-order valence-corrected chi connectivity index (χ2v) is 11.1. The molecular weight excluding hydrogens is 570 g/mol. The van der Waals surface area contributed by atoms with Crippen molar-refractivity contribution in [3.63, 3.8) is 0 Å². The fourth-order valence-corrected chi connectivity index (χ4v) is 5.97. The fraction of sp³-hybridized carbons (Fsp3) is 0.258. The largest absolute Gasteiger partial charge is 0.496 e. The maximum atomic E-state index is 13.7. The van der Waals surface area contributed by atoms with Gasteiger partial charge in [-0.1, -0.05) is 49.0 Å². The van der Waals surface area contributed by atoms with Gasteiger partial charge in [-0.15, -0.1) is 0 Å². The minimum absolute atomic E-state index is 0.129. The van der Waals surface area contributed by atoms with E-state index < -0.39 is 11.3 Å². The van der Waals surface area contributed by atoms with Crippen LogP contribution >= 0.6 is 11.8 Å². The lowest BCUT2D eigenvalue weighted by atomic mass is 10.1. The number of rotatable bonds is 9. The Labute approximate surface area is 252 Å². The number of thioether (sulfide) groups is 1. The van der Waals surface area contributed by atoms with Crippen molar-refractivity contribution in [2.24, 2.45) is 9.98 Å². The van der Waals surface area contributed by atoms with Crippen molar-refractivity contribution in [1.29, 1.82) is 0 Å². The quantitative estimate of drug-likeness (QED) is 0.376. The van der Waals surface area contributed by atoms with E-state index in [-0.39, 0.29) is 37.5 Å². The second kappa shape index (κ2) is 12.2. The first-order valence-corrected chi connectivity index (χ1v) is 14.7. The summed E-state index contributed by atoms with van der Waals surface area (Å²) in [6.45, 7) is 2.29. The summed E-state index contributed by atoms with van der Waals surface area (Å²) in [4.78, 5) is 50.8. The van der Waals surface area contributed by atoms with E-state index in [9.17, 15) is 14.4 Å². The summed E-state index contributed by atoms with van der Waals surface area (Å²) in [6, 6.07) is 19.1. The number of carbonyl (C=O) groups excluding carboxylic acids is 3. The summed E-state index contributed by atoms with van der Waals surface area (Å²) in [5.41, 5.74) is 2.72. The number of anilines is 1. The standard InChI is InChI=1S/C31H29N5O6S/c1-3-26(29(38)33-19-12-13-24-25(14-19)42-17-41-24)43-31-35-21-10-6-5-9-20(21)28-34-22(30(39)36(28)31)15-27(37)32-16-18-8-4-7-11-23(18)40-2/h4-14,22,26H,3,15-17H2,1-2H3,(H,32,37)(H,33,38)/t22-,26-/m1/s1. The molecule has 6 rings (SSSR count). The maximum Gasteiger partial charge on any atom is 0.259 e. The smallest absolute Gasteiger partial charge is 0.259 e. The minimum atomic E-state index is -0.924. The van der Waals surface area contributed by atoms with Gasteiger partial charge in [0.05, 0.1) is 24.5 Å². The number of benzene rings is 3. The van der Waals surface area contributed by atoms with Crippen LogP contribution in [0.3, 0.4) is 0 Å². The van der Waals surface area contributed by atoms with Crippen molar-refractivity contribution in [2.45, 2.75) is 37.6 Å². The van der Waals surface area contributed by atoms with Crippen molar-refractivity contribution in [1.82, 2.24) is 10.2 Å². The molecule has 12 heteroatoms. The van der Waals surface area contributed by atoms with E-state index >= 15 is 0 Å². The molecule has 0 radical (unpaired) electrons. The van der Waals surface area contributed by atoms with Gasteiger partial charge < -0.3 is 24.8 Å². The number of methoxy groups -OCH3 is 1. The molecule has 2 atom stereocenters. The lowest BCUT2D eigenvalue weighted by Crippen LogP contribution is -2.43. The molecule has 0 unspecified atom stereocenters. The number of nitrogens with one attached hydrogen (secondary N) is 2. The summed E-state index contributed by atoms with van der Waals surface area (Å²) < 4.78 is 16.1. The van der Waals surface area contributed by atoms with Crippen LogP contribution in [0.2, 0.25) is 0 Å². The van der Waals surface area contributed by atoms with Crippen LogP contribution in [0.5, 0.6) is 17.2 Å². The number of nitrogens with zero attached hydrogens (tertiary/aromatic N) is 3. The molecule has 3 aliphatic heterocycles. The number of aliphatic imine (C=N–C) groups is 2. The number of amides is 3. The highest BCUT2D eigenvalue weighted by atomic mass is 32.2. The zero-order chi connectivity index (χ0) is 29.9. The first kappa shape index (κ1) is 28.3. The van der Waals surface area contributed by atoms with Gasteiger partial charge in [-0.25, -0.2) is 9.89 Å². The van der Waals surface area contributed by atoms with Crippen molar-refractivity contribution in [3.05, 3.63) is 77.9 Å². The van der Waals surface area contributed by atoms with Crippen LogP contribution in [0, 0.1) is 0 Å². The molecule has 11 nitrogen and oxygen atoms in total. The lowest BCUT2D eigenvalue weighted by molar-refractivity contribution is -0.128. The highest BCUT2D eigenvalue weighted by Crippen LogP contribution is 2.37. The Balaban J connectivity index is 1.18. The van der Waals surface area contributed by atoms with Gasteiger partial charge in [-0.05, 0) is 36.8 Å². The third kappa shape index (κ3) is 5.78. The number of hydrogen-bond acceptors (Lipinski definition) is 9. The molecular formula is C31H29N5O6S. The second-order valence-electron chi connectivity index (χ2n) is 9.92. The molecule has 3 aromatic carbocycles. The van der Waals surface area contributed by atoms with Crippen LogP contribution in [-0.2, 0) is 20.9 Å². The number of carbonyl (C=O) groups is 3. The number of fused-ring (bicyclic) bond motifs is 4. The third-order valence-electron chi connectivity index (χ3n) is 7.15. The van der Waals surface area contributed by atoms with Crippen LogP contribution in [0.25, 0.3) is 0 Å². The van der Waals surface area contributed by atoms with Gasteiger partial charge >= 0.3 is 0 Å². The first-order chi connectivity index (χ1) is 20.9. The summed E-state index contributed by atoms with van der Waals surface area (Å²) in [5, 5.41) is 5.57. The molecule has 0 aromatic heterocycles. The molecule has 0 fully saturated rings. The van der Waals surface area contributed by atoms with Crippen LogP contribution in [0.1, 0.15) is 30.9 Å². The van der Waals surface area contributed by atoms with E-state index in [1.54, 1.807) is 25.3 Å². The van der Waals surface area contributed by atoms with Crippen LogP contribution in [-0.4, -0.2) is 58.8 Å². The Morgan fingerprint density at radius 1 is 1.09 bits per heavy atom. The van der Waals surface area contributed by atoms with Crippen molar-refractivity contribution in [2.75, 3.05) is 19.2 Å². The average Bonchev–Trinajstić information content (AvgIpc) is 3.63. The number of para-hydroxylation sites is 2. The molecule has 0 bridgehead atoms. The number of ether oxygens (including phenoxy) is 3. The molecule has 0 saturated heterocycles. The molecule has 3 amide bonds. The molecule has 3 aromatic rings. The lowest BCUT2D eigenvalue weighted by Gasteiger charge is -2.27. The summed E-state index contributed by atoms with van der Waals surface area (Å²) in [5.74, 6) is 1.35. The van der Waals surface area contributed by atoms with Gasteiger partial charge in [-0.3, -0.25) is 19.4 Å². The molecule has 3 heterocycles. The van der Waals surface area contributed by atoms with E-state index in [0.29, 0.717) is 51.6 Å². The van der Waals surface area contributed by atoms with E-state index in [4.69, 9.17) is 19.2 Å². The average molecular weight is 600 g/mol.